The van der Waals surface area contributed by atoms with E-state index in [1.165, 1.54) is 32.1 Å². The topological polar surface area (TPSA) is 23.8 Å². The van der Waals surface area contributed by atoms with Crippen molar-refractivity contribution < 1.29 is 0 Å². The van der Waals surface area contributed by atoms with Crippen molar-refractivity contribution in [3.05, 3.63) is 35.4 Å². The summed E-state index contributed by atoms with van der Waals surface area (Å²) in [5.41, 5.74) is 3.53. The third-order valence-corrected chi connectivity index (χ3v) is 6.79. The van der Waals surface area contributed by atoms with Gasteiger partial charge in [-0.2, -0.15) is 5.26 Å². The van der Waals surface area contributed by atoms with Crippen molar-refractivity contribution in [3.8, 4) is 6.07 Å². The largest absolute Gasteiger partial charge is 0.198 e. The highest BCUT2D eigenvalue weighted by atomic mass is 14.6. The molecule has 1 heteroatoms. The normalized spacial score (nSPS) is 42.2. The molecule has 3 aliphatic rings. The van der Waals surface area contributed by atoms with E-state index in [-0.39, 0.29) is 0 Å². The van der Waals surface area contributed by atoms with Gasteiger partial charge in [-0.3, -0.25) is 0 Å². The molecule has 2 fully saturated rings. The summed E-state index contributed by atoms with van der Waals surface area (Å²) in [6.45, 7) is 2.41. The Hall–Kier alpha value is -1.29. The number of nitrogens with zero attached hydrogens (tertiary/aromatic N) is 1. The Morgan fingerprint density at radius 2 is 2.00 bits per heavy atom. The fourth-order valence-electron chi connectivity index (χ4n) is 5.73. The van der Waals surface area contributed by atoms with Crippen LogP contribution in [-0.4, -0.2) is 0 Å². The molecule has 1 aromatic rings. The van der Waals surface area contributed by atoms with Crippen molar-refractivity contribution >= 4 is 0 Å². The molecule has 2 saturated carbocycles. The number of rotatable bonds is 0. The summed E-state index contributed by atoms with van der Waals surface area (Å²) >= 11 is 0. The van der Waals surface area contributed by atoms with E-state index in [0.29, 0.717) is 11.3 Å². The van der Waals surface area contributed by atoms with Crippen LogP contribution < -0.4 is 0 Å². The molecule has 5 atom stereocenters. The Morgan fingerprint density at radius 1 is 1.15 bits per heavy atom. The van der Waals surface area contributed by atoms with Crippen molar-refractivity contribution in [2.24, 2.45) is 23.2 Å². The summed E-state index contributed by atoms with van der Waals surface area (Å²) in [6.07, 6.45) is 7.58. The Kier molecular flexibility index (Phi) is 2.71. The van der Waals surface area contributed by atoms with Crippen LogP contribution in [0.15, 0.2) is 24.3 Å². The average molecular weight is 265 g/mol. The fraction of sp³-hybridized carbons (Fsp3) is 0.632. The van der Waals surface area contributed by atoms with Crippen LogP contribution in [0.4, 0.5) is 0 Å². The molecular weight excluding hydrogens is 242 g/mol. The third kappa shape index (κ3) is 1.54. The minimum absolute atomic E-state index is 0.308. The second-order valence-electron chi connectivity index (χ2n) is 7.42. The molecular formula is C19H23N. The van der Waals surface area contributed by atoms with E-state index < -0.39 is 0 Å². The van der Waals surface area contributed by atoms with Gasteiger partial charge in [0, 0.05) is 0 Å². The third-order valence-electron chi connectivity index (χ3n) is 6.79. The lowest BCUT2D eigenvalue weighted by Crippen LogP contribution is -2.42. The molecule has 104 valence electrons. The van der Waals surface area contributed by atoms with Gasteiger partial charge < -0.3 is 0 Å². The van der Waals surface area contributed by atoms with E-state index in [9.17, 15) is 5.26 Å². The second-order valence-corrected chi connectivity index (χ2v) is 7.42. The van der Waals surface area contributed by atoms with Gasteiger partial charge in [0.15, 0.2) is 0 Å². The number of hydrogen-bond donors (Lipinski definition) is 0. The minimum Gasteiger partial charge on any atom is -0.198 e. The summed E-state index contributed by atoms with van der Waals surface area (Å²) < 4.78 is 0. The number of aryl methyl sites for hydroxylation is 1. The minimum atomic E-state index is 0.308. The Labute approximate surface area is 122 Å². The lowest BCUT2D eigenvalue weighted by molar-refractivity contribution is 0.0427. The number of fused-ring (bicyclic) bond motifs is 5. The molecule has 0 radical (unpaired) electrons. The van der Waals surface area contributed by atoms with Crippen LogP contribution in [0, 0.1) is 34.5 Å². The van der Waals surface area contributed by atoms with E-state index >= 15 is 0 Å². The van der Waals surface area contributed by atoms with E-state index in [1.54, 1.807) is 11.1 Å². The maximum atomic E-state index is 9.47. The zero-order chi connectivity index (χ0) is 13.7. The van der Waals surface area contributed by atoms with Gasteiger partial charge in [0.2, 0.25) is 0 Å². The first-order chi connectivity index (χ1) is 9.74. The highest BCUT2D eigenvalue weighted by molar-refractivity contribution is 5.35. The van der Waals surface area contributed by atoms with Gasteiger partial charge in [0.1, 0.15) is 0 Å². The van der Waals surface area contributed by atoms with Crippen molar-refractivity contribution in [2.75, 3.05) is 0 Å². The summed E-state index contributed by atoms with van der Waals surface area (Å²) in [6, 6.07) is 11.7. The van der Waals surface area contributed by atoms with Crippen LogP contribution in [0.3, 0.4) is 0 Å². The molecule has 0 saturated heterocycles. The van der Waals surface area contributed by atoms with Gasteiger partial charge in [-0.25, -0.2) is 0 Å². The smallest absolute Gasteiger partial charge is 0.0661 e. The van der Waals surface area contributed by atoms with Crippen molar-refractivity contribution in [3.63, 3.8) is 0 Å². The van der Waals surface area contributed by atoms with Crippen molar-refractivity contribution in [2.45, 2.75) is 51.4 Å². The highest BCUT2D eigenvalue weighted by Gasteiger charge is 2.54. The Bertz CT molecular complexity index is 569. The molecule has 3 aliphatic carbocycles. The zero-order valence-corrected chi connectivity index (χ0v) is 12.3. The van der Waals surface area contributed by atoms with E-state index in [2.05, 4.69) is 37.3 Å². The molecule has 0 N–H and O–H groups in total. The predicted molar refractivity (Wildman–Crippen MR) is 80.2 cm³/mol. The summed E-state index contributed by atoms with van der Waals surface area (Å²) in [7, 11) is 0. The van der Waals surface area contributed by atoms with Crippen LogP contribution in [0.2, 0.25) is 0 Å². The average Bonchev–Trinajstić information content (AvgIpc) is 2.83. The molecule has 0 spiro atoms. The Morgan fingerprint density at radius 3 is 2.85 bits per heavy atom. The number of benzene rings is 1. The van der Waals surface area contributed by atoms with Crippen LogP contribution in [0.1, 0.15) is 56.1 Å². The molecule has 0 amide bonds. The quantitative estimate of drug-likeness (QED) is 0.668. The Balaban J connectivity index is 1.71. The molecule has 1 nitrogen and oxygen atoms in total. The van der Waals surface area contributed by atoms with Crippen LogP contribution >= 0.6 is 0 Å². The van der Waals surface area contributed by atoms with E-state index in [1.807, 2.05) is 0 Å². The molecule has 0 heterocycles. The first-order valence-electron chi connectivity index (χ1n) is 8.21. The summed E-state index contributed by atoms with van der Waals surface area (Å²) in [5.74, 6) is 2.71. The number of hydrogen-bond acceptors (Lipinski definition) is 1. The van der Waals surface area contributed by atoms with Gasteiger partial charge in [0.25, 0.3) is 0 Å². The van der Waals surface area contributed by atoms with Crippen LogP contribution in [0.25, 0.3) is 0 Å². The number of nitriles is 1. The van der Waals surface area contributed by atoms with Gasteiger partial charge in [-0.1, -0.05) is 31.2 Å². The van der Waals surface area contributed by atoms with Gasteiger partial charge >= 0.3 is 0 Å². The zero-order valence-electron chi connectivity index (χ0n) is 12.3. The maximum Gasteiger partial charge on any atom is 0.0661 e. The second kappa shape index (κ2) is 4.35. The predicted octanol–water partition coefficient (Wildman–Crippen LogP) is 4.68. The molecule has 4 rings (SSSR count). The molecule has 0 bridgehead atoms. The van der Waals surface area contributed by atoms with Crippen molar-refractivity contribution in [1.82, 2.24) is 0 Å². The van der Waals surface area contributed by atoms with Gasteiger partial charge in [-0.15, -0.1) is 0 Å². The van der Waals surface area contributed by atoms with E-state index in [0.717, 1.165) is 24.2 Å². The van der Waals surface area contributed by atoms with Gasteiger partial charge in [0.05, 0.1) is 12.0 Å². The SMILES string of the molecule is C[C@]12CC[C@@H]3c4ccccc4CC[C@H]3[C@@H]1CCC2C#N. The molecule has 0 aliphatic heterocycles. The first-order valence-corrected chi connectivity index (χ1v) is 8.21. The maximum absolute atomic E-state index is 9.47. The van der Waals surface area contributed by atoms with Crippen LogP contribution in [0.5, 0.6) is 0 Å². The standard InChI is InChI=1S/C19H23N/c1-19-11-10-16-15-5-3-2-4-13(15)6-8-17(16)18(19)9-7-14(19)12-20/h2-5,14,16-18H,6-11H2,1H3/t14?,16-,17-,18+,19-/m1/s1. The molecule has 1 unspecified atom stereocenters. The lowest BCUT2D eigenvalue weighted by Gasteiger charge is -2.50. The summed E-state index contributed by atoms with van der Waals surface area (Å²) in [4.78, 5) is 0. The molecule has 20 heavy (non-hydrogen) atoms. The molecule has 0 aromatic heterocycles. The van der Waals surface area contributed by atoms with Crippen LogP contribution in [-0.2, 0) is 6.42 Å². The van der Waals surface area contributed by atoms with E-state index in [4.69, 9.17) is 0 Å². The van der Waals surface area contributed by atoms with Crippen molar-refractivity contribution in [1.29, 1.82) is 5.26 Å². The lowest BCUT2D eigenvalue weighted by atomic mass is 9.54. The van der Waals surface area contributed by atoms with Gasteiger partial charge in [-0.05, 0) is 72.8 Å². The highest BCUT2D eigenvalue weighted by Crippen LogP contribution is 2.62. The fourth-order valence-corrected chi connectivity index (χ4v) is 5.73. The monoisotopic (exact) mass is 265 g/mol. The first kappa shape index (κ1) is 12.5. The summed E-state index contributed by atoms with van der Waals surface area (Å²) in [5, 5.41) is 9.47. The molecule has 1 aromatic carbocycles.